The van der Waals surface area contributed by atoms with Crippen molar-refractivity contribution < 1.29 is 9.90 Å². The van der Waals surface area contributed by atoms with Gasteiger partial charge in [0, 0.05) is 5.75 Å². The minimum Gasteiger partial charge on any atom is -0.393 e. The molecule has 0 saturated carbocycles. The molecular weight excluding hydrogens is 290 g/mol. The summed E-state index contributed by atoms with van der Waals surface area (Å²) in [5.41, 5.74) is 1.21. The van der Waals surface area contributed by atoms with E-state index in [1.807, 2.05) is 25.1 Å². The van der Waals surface area contributed by atoms with Crippen molar-refractivity contribution in [2.45, 2.75) is 38.3 Å². The van der Waals surface area contributed by atoms with E-state index in [1.54, 1.807) is 16.7 Å². The lowest BCUT2D eigenvalue weighted by molar-refractivity contribution is -0.130. The molecule has 0 unspecified atom stereocenters. The van der Waals surface area contributed by atoms with Gasteiger partial charge in [-0.1, -0.05) is 61.2 Å². The number of hydrogen-bond donors (Lipinski definition) is 1. The minimum atomic E-state index is -0.576. The van der Waals surface area contributed by atoms with Crippen molar-refractivity contribution in [3.05, 3.63) is 35.9 Å². The Morgan fingerprint density at radius 3 is 2.85 bits per heavy atom. The second-order valence-corrected chi connectivity index (χ2v) is 6.60. The summed E-state index contributed by atoms with van der Waals surface area (Å²) < 4.78 is 0.638. The monoisotopic (exact) mass is 309 g/mol. The molecule has 0 bridgehead atoms. The van der Waals surface area contributed by atoms with Gasteiger partial charge in [0.05, 0.1) is 18.6 Å². The van der Waals surface area contributed by atoms with E-state index in [-0.39, 0.29) is 18.4 Å². The molecule has 2 rings (SSSR count). The SMILES string of the molecule is CC[C@@H](O)CC(=O)N1C(=S)SC[C@H]1Cc1ccccc1. The maximum Gasteiger partial charge on any atom is 0.230 e. The van der Waals surface area contributed by atoms with Crippen LogP contribution in [0.15, 0.2) is 30.3 Å². The summed E-state index contributed by atoms with van der Waals surface area (Å²) in [4.78, 5) is 14.0. The van der Waals surface area contributed by atoms with Crippen LogP contribution in [0.25, 0.3) is 0 Å². The van der Waals surface area contributed by atoms with Gasteiger partial charge in [0.15, 0.2) is 0 Å². The number of benzene rings is 1. The maximum atomic E-state index is 12.3. The number of carbonyl (C=O) groups excluding carboxylic acids is 1. The summed E-state index contributed by atoms with van der Waals surface area (Å²) in [5, 5.41) is 9.65. The van der Waals surface area contributed by atoms with Crippen LogP contribution in [0.4, 0.5) is 0 Å². The molecule has 108 valence electrons. The zero-order valence-electron chi connectivity index (χ0n) is 11.5. The Kier molecular flexibility index (Phi) is 5.57. The van der Waals surface area contributed by atoms with Gasteiger partial charge in [0.1, 0.15) is 4.32 Å². The third kappa shape index (κ3) is 3.81. The molecule has 1 aromatic carbocycles. The Balaban J connectivity index is 2.05. The van der Waals surface area contributed by atoms with Crippen LogP contribution < -0.4 is 0 Å². The van der Waals surface area contributed by atoms with Crippen LogP contribution >= 0.6 is 24.0 Å². The van der Waals surface area contributed by atoms with Crippen LogP contribution in [-0.2, 0) is 11.2 Å². The van der Waals surface area contributed by atoms with E-state index in [2.05, 4.69) is 12.1 Å². The highest BCUT2D eigenvalue weighted by Gasteiger charge is 2.34. The average molecular weight is 309 g/mol. The normalized spacial score (nSPS) is 20.2. The van der Waals surface area contributed by atoms with Crippen molar-refractivity contribution >= 4 is 34.2 Å². The lowest BCUT2D eigenvalue weighted by atomic mass is 10.1. The molecule has 1 amide bonds. The molecule has 1 fully saturated rings. The highest BCUT2D eigenvalue weighted by Crippen LogP contribution is 2.27. The van der Waals surface area contributed by atoms with Crippen molar-refractivity contribution in [2.24, 2.45) is 0 Å². The summed E-state index contributed by atoms with van der Waals surface area (Å²) in [6, 6.07) is 10.2. The van der Waals surface area contributed by atoms with E-state index in [0.717, 1.165) is 12.2 Å². The summed E-state index contributed by atoms with van der Waals surface area (Å²) >= 11 is 6.84. The van der Waals surface area contributed by atoms with Crippen LogP contribution in [-0.4, -0.2) is 38.1 Å². The van der Waals surface area contributed by atoms with Crippen LogP contribution in [0.1, 0.15) is 25.3 Å². The largest absolute Gasteiger partial charge is 0.393 e. The average Bonchev–Trinajstić information content (AvgIpc) is 2.80. The summed E-state index contributed by atoms with van der Waals surface area (Å²) in [6.07, 6.45) is 0.973. The van der Waals surface area contributed by atoms with Gasteiger partial charge in [0.2, 0.25) is 5.91 Å². The third-order valence-corrected chi connectivity index (χ3v) is 4.97. The Morgan fingerprint density at radius 2 is 2.20 bits per heavy atom. The highest BCUT2D eigenvalue weighted by molar-refractivity contribution is 8.23. The molecule has 1 aromatic rings. The molecule has 1 saturated heterocycles. The van der Waals surface area contributed by atoms with E-state index in [0.29, 0.717) is 10.7 Å². The van der Waals surface area contributed by atoms with Crippen LogP contribution in [0.2, 0.25) is 0 Å². The molecule has 0 spiro atoms. The van der Waals surface area contributed by atoms with Gasteiger partial charge >= 0.3 is 0 Å². The summed E-state index contributed by atoms with van der Waals surface area (Å²) in [5.74, 6) is 0.775. The summed E-state index contributed by atoms with van der Waals surface area (Å²) in [6.45, 7) is 1.87. The molecule has 0 aliphatic carbocycles. The van der Waals surface area contributed by atoms with Gasteiger partial charge in [-0.15, -0.1) is 0 Å². The zero-order chi connectivity index (χ0) is 14.5. The van der Waals surface area contributed by atoms with E-state index in [9.17, 15) is 9.90 Å². The van der Waals surface area contributed by atoms with Gasteiger partial charge in [-0.25, -0.2) is 0 Å². The Hall–Kier alpha value is -0.910. The van der Waals surface area contributed by atoms with Crippen molar-refractivity contribution in [1.82, 2.24) is 4.90 Å². The molecule has 1 aliphatic rings. The number of hydrogen-bond acceptors (Lipinski definition) is 4. The van der Waals surface area contributed by atoms with Gasteiger partial charge < -0.3 is 5.11 Å². The zero-order valence-corrected chi connectivity index (χ0v) is 13.1. The maximum absolute atomic E-state index is 12.3. The van der Waals surface area contributed by atoms with E-state index in [1.165, 1.54) is 5.56 Å². The molecule has 0 radical (unpaired) electrons. The number of aliphatic hydroxyl groups excluding tert-OH is 1. The Bertz CT molecular complexity index is 478. The Labute approximate surface area is 129 Å². The first-order valence-corrected chi connectivity index (χ1v) is 8.22. The molecule has 0 aromatic heterocycles. The molecule has 1 aliphatic heterocycles. The quantitative estimate of drug-likeness (QED) is 0.849. The second kappa shape index (κ2) is 7.20. The van der Waals surface area contributed by atoms with Crippen LogP contribution in [0.5, 0.6) is 0 Å². The van der Waals surface area contributed by atoms with Gasteiger partial charge in [-0.3, -0.25) is 9.69 Å². The van der Waals surface area contributed by atoms with Gasteiger partial charge in [0.25, 0.3) is 0 Å². The number of aliphatic hydroxyl groups is 1. The predicted octanol–water partition coefficient (Wildman–Crippen LogP) is 2.62. The highest BCUT2D eigenvalue weighted by atomic mass is 32.2. The minimum absolute atomic E-state index is 0.0599. The van der Waals surface area contributed by atoms with E-state index < -0.39 is 6.10 Å². The first-order valence-electron chi connectivity index (χ1n) is 6.82. The van der Waals surface area contributed by atoms with E-state index in [4.69, 9.17) is 12.2 Å². The first-order chi connectivity index (χ1) is 9.61. The number of nitrogens with zero attached hydrogens (tertiary/aromatic N) is 1. The molecule has 3 nitrogen and oxygen atoms in total. The van der Waals surface area contributed by atoms with E-state index >= 15 is 0 Å². The van der Waals surface area contributed by atoms with Gasteiger partial charge in [-0.05, 0) is 18.4 Å². The van der Waals surface area contributed by atoms with Crippen LogP contribution in [0, 0.1) is 0 Å². The van der Waals surface area contributed by atoms with Crippen molar-refractivity contribution in [1.29, 1.82) is 0 Å². The van der Waals surface area contributed by atoms with Gasteiger partial charge in [-0.2, -0.15) is 0 Å². The molecule has 2 atom stereocenters. The fraction of sp³-hybridized carbons (Fsp3) is 0.467. The number of carbonyl (C=O) groups is 1. The molecule has 20 heavy (non-hydrogen) atoms. The number of thiocarbonyl (C=S) groups is 1. The molecular formula is C15H19NO2S2. The molecule has 1 N–H and O–H groups in total. The molecule has 1 heterocycles. The lowest BCUT2D eigenvalue weighted by Gasteiger charge is -2.24. The first kappa shape index (κ1) is 15.5. The second-order valence-electron chi connectivity index (χ2n) is 4.95. The smallest absolute Gasteiger partial charge is 0.230 e. The predicted molar refractivity (Wildman–Crippen MR) is 86.8 cm³/mol. The van der Waals surface area contributed by atoms with Crippen molar-refractivity contribution in [3.8, 4) is 0 Å². The molecule has 5 heteroatoms. The topological polar surface area (TPSA) is 40.5 Å². The third-order valence-electron chi connectivity index (χ3n) is 3.43. The Morgan fingerprint density at radius 1 is 1.50 bits per heavy atom. The fourth-order valence-electron chi connectivity index (χ4n) is 2.25. The fourth-order valence-corrected chi connectivity index (χ4v) is 3.69. The lowest BCUT2D eigenvalue weighted by Crippen LogP contribution is -2.41. The number of thioether (sulfide) groups is 1. The summed E-state index contributed by atoms with van der Waals surface area (Å²) in [7, 11) is 0. The number of rotatable bonds is 5. The van der Waals surface area contributed by atoms with Crippen molar-refractivity contribution in [3.63, 3.8) is 0 Å². The number of amides is 1. The van der Waals surface area contributed by atoms with Crippen molar-refractivity contribution in [2.75, 3.05) is 5.75 Å². The standard InChI is InChI=1S/C15H19NO2S2/c1-2-13(17)9-14(18)16-12(10-20-15(16)19)8-11-6-4-3-5-7-11/h3-7,12-13,17H,2,8-10H2,1H3/t12-,13-/m1/s1. The van der Waals surface area contributed by atoms with Crippen LogP contribution in [0.3, 0.4) is 0 Å².